The van der Waals surface area contributed by atoms with Gasteiger partial charge in [0.1, 0.15) is 5.75 Å². The van der Waals surface area contributed by atoms with Crippen LogP contribution in [0.5, 0.6) is 5.75 Å². The number of hydrogen-bond donors (Lipinski definition) is 1. The van der Waals surface area contributed by atoms with Crippen LogP contribution in [0.15, 0.2) is 51.6 Å². The Hall–Kier alpha value is -3.09. The molecular weight excluding hydrogens is 346 g/mol. The maximum atomic E-state index is 12.2. The molecule has 1 saturated carbocycles. The summed E-state index contributed by atoms with van der Waals surface area (Å²) in [6.45, 7) is 0. The quantitative estimate of drug-likeness (QED) is 0.672. The van der Waals surface area contributed by atoms with Gasteiger partial charge in [0.2, 0.25) is 17.6 Å². The zero-order valence-electron chi connectivity index (χ0n) is 14.9. The third-order valence-corrected chi connectivity index (χ3v) is 4.50. The summed E-state index contributed by atoms with van der Waals surface area (Å²) in [7, 11) is 0. The van der Waals surface area contributed by atoms with Gasteiger partial charge in [0.25, 0.3) is 0 Å². The zero-order chi connectivity index (χ0) is 18.5. The number of nitrogens with one attached hydrogen (secondary N) is 1. The molecule has 0 radical (unpaired) electrons. The van der Waals surface area contributed by atoms with Gasteiger partial charge in [0, 0.05) is 24.6 Å². The van der Waals surface area contributed by atoms with Gasteiger partial charge in [-0.25, -0.2) is 0 Å². The number of anilines is 1. The van der Waals surface area contributed by atoms with Gasteiger partial charge in [-0.3, -0.25) is 4.79 Å². The SMILES string of the molecule is O=C(CCc1nc(-c2ccco2)no1)Nc1cccc(OC2CCCC2)c1. The van der Waals surface area contributed by atoms with Crippen molar-refractivity contribution in [1.82, 2.24) is 10.1 Å². The average Bonchev–Trinajstić information content (AvgIpc) is 3.42. The largest absolute Gasteiger partial charge is 0.490 e. The van der Waals surface area contributed by atoms with Crippen molar-refractivity contribution >= 4 is 11.6 Å². The number of nitrogens with zero attached hydrogens (tertiary/aromatic N) is 2. The average molecular weight is 367 g/mol. The van der Waals surface area contributed by atoms with Crippen molar-refractivity contribution in [2.24, 2.45) is 0 Å². The first kappa shape index (κ1) is 17.3. The van der Waals surface area contributed by atoms with Crippen molar-refractivity contribution in [3.63, 3.8) is 0 Å². The minimum absolute atomic E-state index is 0.120. The van der Waals surface area contributed by atoms with Crippen molar-refractivity contribution < 1.29 is 18.5 Å². The molecule has 0 bridgehead atoms. The molecule has 1 aliphatic rings. The van der Waals surface area contributed by atoms with Crippen LogP contribution in [0, 0.1) is 0 Å². The van der Waals surface area contributed by atoms with Crippen LogP contribution in [0.25, 0.3) is 11.6 Å². The molecule has 1 fully saturated rings. The predicted octanol–water partition coefficient (Wildman–Crippen LogP) is 4.22. The molecule has 1 aromatic carbocycles. The van der Waals surface area contributed by atoms with E-state index in [1.165, 1.54) is 12.8 Å². The Labute approximate surface area is 156 Å². The highest BCUT2D eigenvalue weighted by atomic mass is 16.5. The maximum Gasteiger partial charge on any atom is 0.238 e. The second kappa shape index (κ2) is 8.07. The number of aromatic nitrogens is 2. The van der Waals surface area contributed by atoms with Crippen LogP contribution >= 0.6 is 0 Å². The van der Waals surface area contributed by atoms with Crippen LogP contribution in [0.1, 0.15) is 38.0 Å². The Kier molecular flexibility index (Phi) is 5.18. The highest BCUT2D eigenvalue weighted by Crippen LogP contribution is 2.26. The van der Waals surface area contributed by atoms with Gasteiger partial charge in [-0.2, -0.15) is 4.98 Å². The molecule has 1 aliphatic carbocycles. The Bertz CT molecular complexity index is 882. The minimum Gasteiger partial charge on any atom is -0.490 e. The number of furan rings is 1. The first-order chi connectivity index (χ1) is 13.3. The minimum atomic E-state index is -0.120. The first-order valence-electron chi connectivity index (χ1n) is 9.19. The topological polar surface area (TPSA) is 90.4 Å². The van der Waals surface area contributed by atoms with Gasteiger partial charge in [-0.15, -0.1) is 0 Å². The standard InChI is InChI=1S/C20H21N3O4/c24-18(10-11-19-22-20(23-27-19)17-9-4-12-25-17)21-14-5-3-8-16(13-14)26-15-6-1-2-7-15/h3-5,8-9,12-13,15H,1-2,6-7,10-11H2,(H,21,24). The van der Waals surface area contributed by atoms with Gasteiger partial charge >= 0.3 is 0 Å². The molecule has 0 aliphatic heterocycles. The van der Waals surface area contributed by atoms with Gasteiger partial charge < -0.3 is 19.0 Å². The van der Waals surface area contributed by atoms with E-state index in [1.54, 1.807) is 18.4 Å². The van der Waals surface area contributed by atoms with E-state index < -0.39 is 0 Å². The molecule has 1 amide bonds. The van der Waals surface area contributed by atoms with Gasteiger partial charge in [-0.1, -0.05) is 11.2 Å². The Balaban J connectivity index is 1.29. The molecule has 1 N–H and O–H groups in total. The molecule has 7 heteroatoms. The van der Waals surface area contributed by atoms with E-state index in [0.717, 1.165) is 24.3 Å². The summed E-state index contributed by atoms with van der Waals surface area (Å²) in [5, 5.41) is 6.74. The highest BCUT2D eigenvalue weighted by Gasteiger charge is 2.17. The molecule has 140 valence electrons. The highest BCUT2D eigenvalue weighted by molar-refractivity contribution is 5.90. The molecule has 0 saturated heterocycles. The summed E-state index contributed by atoms with van der Waals surface area (Å²) in [5.41, 5.74) is 0.720. The van der Waals surface area contributed by atoms with E-state index in [1.807, 2.05) is 24.3 Å². The number of ether oxygens (including phenoxy) is 1. The van der Waals surface area contributed by atoms with Crippen molar-refractivity contribution in [3.05, 3.63) is 48.6 Å². The summed E-state index contributed by atoms with van der Waals surface area (Å²) in [5.74, 6) is 1.99. The number of carbonyl (C=O) groups excluding carboxylic acids is 1. The summed E-state index contributed by atoms with van der Waals surface area (Å²) in [6.07, 6.45) is 7.07. The second-order valence-electron chi connectivity index (χ2n) is 6.59. The van der Waals surface area contributed by atoms with Crippen molar-refractivity contribution in [2.45, 2.75) is 44.6 Å². The van der Waals surface area contributed by atoms with Crippen LogP contribution in [-0.4, -0.2) is 22.2 Å². The second-order valence-corrected chi connectivity index (χ2v) is 6.59. The molecule has 7 nitrogen and oxygen atoms in total. The smallest absolute Gasteiger partial charge is 0.238 e. The van der Waals surface area contributed by atoms with E-state index >= 15 is 0 Å². The monoisotopic (exact) mass is 367 g/mol. The zero-order valence-corrected chi connectivity index (χ0v) is 14.9. The molecule has 3 aromatic rings. The third-order valence-electron chi connectivity index (χ3n) is 4.50. The summed E-state index contributed by atoms with van der Waals surface area (Å²) < 4.78 is 16.4. The third kappa shape index (κ3) is 4.55. The lowest BCUT2D eigenvalue weighted by molar-refractivity contribution is -0.116. The fourth-order valence-corrected chi connectivity index (χ4v) is 3.15. The number of amides is 1. The number of benzene rings is 1. The lowest BCUT2D eigenvalue weighted by Crippen LogP contribution is -2.13. The first-order valence-corrected chi connectivity index (χ1v) is 9.19. The molecule has 4 rings (SSSR count). The number of rotatable bonds is 7. The van der Waals surface area contributed by atoms with Crippen LogP contribution in [0.3, 0.4) is 0 Å². The lowest BCUT2D eigenvalue weighted by Gasteiger charge is -2.14. The fraction of sp³-hybridized carbons (Fsp3) is 0.350. The molecule has 2 aromatic heterocycles. The van der Waals surface area contributed by atoms with E-state index in [0.29, 0.717) is 23.9 Å². The molecule has 0 spiro atoms. The van der Waals surface area contributed by atoms with Gasteiger partial charge in [0.05, 0.1) is 12.4 Å². The molecule has 0 unspecified atom stereocenters. The van der Waals surface area contributed by atoms with Crippen LogP contribution < -0.4 is 10.1 Å². The maximum absolute atomic E-state index is 12.2. The predicted molar refractivity (Wildman–Crippen MR) is 98.3 cm³/mol. The number of aryl methyl sites for hydroxylation is 1. The van der Waals surface area contributed by atoms with Crippen molar-refractivity contribution in [2.75, 3.05) is 5.32 Å². The van der Waals surface area contributed by atoms with E-state index in [9.17, 15) is 4.79 Å². The summed E-state index contributed by atoms with van der Waals surface area (Å²) >= 11 is 0. The molecular formula is C20H21N3O4. The van der Waals surface area contributed by atoms with E-state index in [2.05, 4.69) is 15.5 Å². The van der Waals surface area contributed by atoms with Crippen LogP contribution in [0.4, 0.5) is 5.69 Å². The van der Waals surface area contributed by atoms with Crippen LogP contribution in [-0.2, 0) is 11.2 Å². The summed E-state index contributed by atoms with van der Waals surface area (Å²) in [6, 6.07) is 11.0. The summed E-state index contributed by atoms with van der Waals surface area (Å²) in [4.78, 5) is 16.4. The fourth-order valence-electron chi connectivity index (χ4n) is 3.15. The van der Waals surface area contributed by atoms with E-state index in [-0.39, 0.29) is 18.4 Å². The van der Waals surface area contributed by atoms with Gasteiger partial charge in [0.15, 0.2) is 5.76 Å². The number of hydrogen-bond acceptors (Lipinski definition) is 6. The number of carbonyl (C=O) groups is 1. The van der Waals surface area contributed by atoms with E-state index in [4.69, 9.17) is 13.7 Å². The van der Waals surface area contributed by atoms with Crippen molar-refractivity contribution in [1.29, 1.82) is 0 Å². The van der Waals surface area contributed by atoms with Crippen molar-refractivity contribution in [3.8, 4) is 17.3 Å². The normalized spacial score (nSPS) is 14.4. The Morgan fingerprint density at radius 3 is 2.93 bits per heavy atom. The lowest BCUT2D eigenvalue weighted by atomic mass is 10.2. The molecule has 2 heterocycles. The Morgan fingerprint density at radius 2 is 2.11 bits per heavy atom. The Morgan fingerprint density at radius 1 is 1.22 bits per heavy atom. The molecule has 27 heavy (non-hydrogen) atoms. The van der Waals surface area contributed by atoms with Gasteiger partial charge in [-0.05, 0) is 49.9 Å². The van der Waals surface area contributed by atoms with Crippen LogP contribution in [0.2, 0.25) is 0 Å². The molecule has 0 atom stereocenters.